The van der Waals surface area contributed by atoms with Crippen LogP contribution in [-0.4, -0.2) is 52.6 Å². The molecule has 0 radical (unpaired) electrons. The molecule has 0 aliphatic carbocycles. The van der Waals surface area contributed by atoms with E-state index in [4.69, 9.17) is 5.11 Å². The Labute approximate surface area is 77.0 Å². The molecule has 5 heteroatoms. The number of hydrogen-bond donors (Lipinski definition) is 3. The Balaban J connectivity index is 4.60. The van der Waals surface area contributed by atoms with Gasteiger partial charge < -0.3 is 24.9 Å². The Bertz CT molecular complexity index is 166. The SMILES string of the molecule is CO[C@@H](C=O)[C@@](C)(O)[C@H](O)[C@H](C)O. The molecule has 0 amide bonds. The summed E-state index contributed by atoms with van der Waals surface area (Å²) < 4.78 is 4.65. The van der Waals surface area contributed by atoms with E-state index in [1.165, 1.54) is 21.0 Å². The summed E-state index contributed by atoms with van der Waals surface area (Å²) in [5.74, 6) is 0. The minimum absolute atomic E-state index is 0.381. The molecule has 0 aromatic carbocycles. The van der Waals surface area contributed by atoms with Crippen LogP contribution < -0.4 is 0 Å². The van der Waals surface area contributed by atoms with Crippen LogP contribution in [0, 0.1) is 0 Å². The second-order valence-electron chi connectivity index (χ2n) is 3.20. The van der Waals surface area contributed by atoms with Crippen LogP contribution in [0.2, 0.25) is 0 Å². The lowest BCUT2D eigenvalue weighted by molar-refractivity contribution is -0.172. The molecule has 0 aromatic rings. The molecule has 0 heterocycles. The maximum absolute atomic E-state index is 10.4. The molecular weight excluding hydrogens is 176 g/mol. The molecule has 13 heavy (non-hydrogen) atoms. The normalized spacial score (nSPS) is 22.9. The highest BCUT2D eigenvalue weighted by Crippen LogP contribution is 2.18. The first-order valence-electron chi connectivity index (χ1n) is 3.94. The van der Waals surface area contributed by atoms with Gasteiger partial charge in [0.25, 0.3) is 0 Å². The van der Waals surface area contributed by atoms with Crippen molar-refractivity contribution in [2.45, 2.75) is 37.8 Å². The number of carbonyl (C=O) groups is 1. The van der Waals surface area contributed by atoms with Gasteiger partial charge in [-0.3, -0.25) is 0 Å². The number of aldehydes is 1. The molecule has 0 fully saturated rings. The summed E-state index contributed by atoms with van der Waals surface area (Å²) >= 11 is 0. The third-order valence-corrected chi connectivity index (χ3v) is 2.01. The molecule has 0 saturated carbocycles. The zero-order valence-corrected chi connectivity index (χ0v) is 7.97. The van der Waals surface area contributed by atoms with Crippen LogP contribution in [0.1, 0.15) is 13.8 Å². The van der Waals surface area contributed by atoms with Crippen LogP contribution in [0.25, 0.3) is 0 Å². The molecule has 0 bridgehead atoms. The summed E-state index contributed by atoms with van der Waals surface area (Å²) in [5.41, 5.74) is -1.79. The summed E-state index contributed by atoms with van der Waals surface area (Å²) in [6.45, 7) is 2.55. The van der Waals surface area contributed by atoms with Gasteiger partial charge in [-0.2, -0.15) is 0 Å². The maximum atomic E-state index is 10.4. The van der Waals surface area contributed by atoms with Gasteiger partial charge in [0.1, 0.15) is 17.8 Å². The first-order valence-corrected chi connectivity index (χ1v) is 3.94. The third-order valence-electron chi connectivity index (χ3n) is 2.01. The van der Waals surface area contributed by atoms with Crippen LogP contribution in [0.4, 0.5) is 0 Å². The van der Waals surface area contributed by atoms with Crippen LogP contribution in [0.15, 0.2) is 0 Å². The lowest BCUT2D eigenvalue weighted by atomic mass is 9.90. The average molecular weight is 192 g/mol. The van der Waals surface area contributed by atoms with Gasteiger partial charge in [0, 0.05) is 7.11 Å². The molecule has 0 aliphatic rings. The number of ether oxygens (including phenoxy) is 1. The lowest BCUT2D eigenvalue weighted by Gasteiger charge is -2.34. The largest absolute Gasteiger partial charge is 0.391 e. The summed E-state index contributed by atoms with van der Waals surface area (Å²) in [6, 6.07) is 0. The Morgan fingerprint density at radius 3 is 2.15 bits per heavy atom. The molecule has 0 rings (SSSR count). The predicted octanol–water partition coefficient (Wildman–Crippen LogP) is -1.31. The van der Waals surface area contributed by atoms with Gasteiger partial charge >= 0.3 is 0 Å². The Hall–Kier alpha value is -0.490. The molecular formula is C8H16O5. The maximum Gasteiger partial charge on any atom is 0.151 e. The molecule has 0 spiro atoms. The van der Waals surface area contributed by atoms with Crippen molar-refractivity contribution in [1.82, 2.24) is 0 Å². The highest BCUT2D eigenvalue weighted by molar-refractivity contribution is 5.58. The number of methoxy groups -OCH3 is 1. The molecule has 78 valence electrons. The minimum atomic E-state index is -1.79. The topological polar surface area (TPSA) is 87.0 Å². The molecule has 0 aliphatic heterocycles. The molecule has 4 atom stereocenters. The van der Waals surface area contributed by atoms with E-state index in [-0.39, 0.29) is 0 Å². The van der Waals surface area contributed by atoms with Crippen molar-refractivity contribution in [2.24, 2.45) is 0 Å². The smallest absolute Gasteiger partial charge is 0.151 e. The monoisotopic (exact) mass is 192 g/mol. The van der Waals surface area contributed by atoms with Crippen LogP contribution in [-0.2, 0) is 9.53 Å². The fourth-order valence-electron chi connectivity index (χ4n) is 1.09. The zero-order chi connectivity index (χ0) is 10.6. The summed E-state index contributed by atoms with van der Waals surface area (Å²) in [5, 5.41) is 28.0. The van der Waals surface area contributed by atoms with E-state index in [1.807, 2.05) is 0 Å². The molecule has 0 saturated heterocycles. The van der Waals surface area contributed by atoms with E-state index >= 15 is 0 Å². The van der Waals surface area contributed by atoms with Crippen molar-refractivity contribution in [1.29, 1.82) is 0 Å². The van der Waals surface area contributed by atoms with Gasteiger partial charge in [-0.05, 0) is 13.8 Å². The van der Waals surface area contributed by atoms with Crippen LogP contribution in [0.3, 0.4) is 0 Å². The number of rotatable bonds is 5. The van der Waals surface area contributed by atoms with Crippen molar-refractivity contribution in [2.75, 3.05) is 7.11 Å². The second kappa shape index (κ2) is 4.66. The van der Waals surface area contributed by atoms with Crippen molar-refractivity contribution in [3.05, 3.63) is 0 Å². The van der Waals surface area contributed by atoms with Gasteiger partial charge in [0.05, 0.1) is 6.10 Å². The summed E-state index contributed by atoms with van der Waals surface area (Å²) in [7, 11) is 1.24. The van der Waals surface area contributed by atoms with E-state index in [9.17, 15) is 15.0 Å². The van der Waals surface area contributed by atoms with Crippen molar-refractivity contribution < 1.29 is 24.9 Å². The number of hydrogen-bond acceptors (Lipinski definition) is 5. The second-order valence-corrected chi connectivity index (χ2v) is 3.20. The van der Waals surface area contributed by atoms with Gasteiger partial charge in [-0.25, -0.2) is 0 Å². The lowest BCUT2D eigenvalue weighted by Crippen LogP contribution is -2.55. The molecule has 0 aromatic heterocycles. The summed E-state index contributed by atoms with van der Waals surface area (Å²) in [4.78, 5) is 10.4. The average Bonchev–Trinajstić information content (AvgIpc) is 2.04. The van der Waals surface area contributed by atoms with Gasteiger partial charge in [0.2, 0.25) is 0 Å². The molecule has 3 N–H and O–H groups in total. The number of aliphatic hydroxyl groups is 3. The van der Waals surface area contributed by atoms with E-state index in [0.29, 0.717) is 6.29 Å². The standard InChI is InChI=1S/C8H16O5/c1-5(10)7(11)8(2,12)6(4-9)13-3/h4-7,10-12H,1-3H3/t5-,6-,7+,8+/m0/s1. The Morgan fingerprint density at radius 2 is 1.92 bits per heavy atom. The fraction of sp³-hybridized carbons (Fsp3) is 0.875. The van der Waals surface area contributed by atoms with E-state index in [1.54, 1.807) is 0 Å². The number of carbonyl (C=O) groups excluding carboxylic acids is 1. The first kappa shape index (κ1) is 12.5. The molecule has 0 unspecified atom stereocenters. The highest BCUT2D eigenvalue weighted by atomic mass is 16.5. The third kappa shape index (κ3) is 2.73. The minimum Gasteiger partial charge on any atom is -0.391 e. The van der Waals surface area contributed by atoms with Crippen molar-refractivity contribution in [3.8, 4) is 0 Å². The van der Waals surface area contributed by atoms with Gasteiger partial charge in [-0.15, -0.1) is 0 Å². The van der Waals surface area contributed by atoms with Gasteiger partial charge in [0.15, 0.2) is 6.29 Å². The molecule has 5 nitrogen and oxygen atoms in total. The fourth-order valence-corrected chi connectivity index (χ4v) is 1.09. The van der Waals surface area contributed by atoms with Crippen molar-refractivity contribution in [3.63, 3.8) is 0 Å². The van der Waals surface area contributed by atoms with E-state index in [0.717, 1.165) is 0 Å². The first-order chi connectivity index (χ1) is 5.87. The summed E-state index contributed by atoms with van der Waals surface area (Å²) in [6.07, 6.45) is -3.33. The van der Waals surface area contributed by atoms with Crippen LogP contribution in [0.5, 0.6) is 0 Å². The number of aliphatic hydroxyl groups excluding tert-OH is 2. The zero-order valence-electron chi connectivity index (χ0n) is 7.97. The van der Waals surface area contributed by atoms with Crippen LogP contribution >= 0.6 is 0 Å². The Kier molecular flexibility index (Phi) is 4.49. The quantitative estimate of drug-likeness (QED) is 0.471. The van der Waals surface area contributed by atoms with Gasteiger partial charge in [-0.1, -0.05) is 0 Å². The van der Waals surface area contributed by atoms with E-state index in [2.05, 4.69) is 4.74 Å². The van der Waals surface area contributed by atoms with E-state index < -0.39 is 23.9 Å². The predicted molar refractivity (Wildman–Crippen MR) is 45.2 cm³/mol. The highest BCUT2D eigenvalue weighted by Gasteiger charge is 2.41. The van der Waals surface area contributed by atoms with Crippen molar-refractivity contribution >= 4 is 6.29 Å². The Morgan fingerprint density at radius 1 is 1.46 bits per heavy atom.